The second kappa shape index (κ2) is 4.49. The van der Waals surface area contributed by atoms with Crippen molar-refractivity contribution in [1.29, 1.82) is 0 Å². The highest BCUT2D eigenvalue weighted by Crippen LogP contribution is 2.17. The Labute approximate surface area is 86.4 Å². The number of benzene rings is 1. The first-order chi connectivity index (χ1) is 6.91. The van der Waals surface area contributed by atoms with Crippen LogP contribution in [0.4, 0.5) is 13.2 Å². The van der Waals surface area contributed by atoms with Gasteiger partial charge in [0.25, 0.3) is 0 Å². The molecule has 1 aromatic carbocycles. The monoisotopic (exact) mass is 215 g/mol. The van der Waals surface area contributed by atoms with Crippen LogP contribution in [0.2, 0.25) is 0 Å². The van der Waals surface area contributed by atoms with Gasteiger partial charge < -0.3 is 5.73 Å². The molecular formula is C11H12F3N. The van der Waals surface area contributed by atoms with Gasteiger partial charge in [0.2, 0.25) is 0 Å². The average molecular weight is 215 g/mol. The molecule has 1 nitrogen and oxygen atoms in total. The number of hydrogen-bond donors (Lipinski definition) is 1. The lowest BCUT2D eigenvalue weighted by Crippen LogP contribution is -2.15. The molecule has 82 valence electrons. The Morgan fingerprint density at radius 2 is 1.73 bits per heavy atom. The van der Waals surface area contributed by atoms with Crippen molar-refractivity contribution in [1.82, 2.24) is 0 Å². The van der Waals surface area contributed by atoms with Crippen LogP contribution >= 0.6 is 0 Å². The summed E-state index contributed by atoms with van der Waals surface area (Å²) in [6.07, 6.45) is 1.41. The standard InChI is InChI=1S/C11H12F3N/c1-6(7(2)15)3-8-4-10(13)11(14)5-9(8)12/h3-5,7H,15H2,1-2H3/b6-3+. The Hall–Kier alpha value is -1.29. The Bertz CT molecular complexity index is 397. The van der Waals surface area contributed by atoms with Gasteiger partial charge >= 0.3 is 0 Å². The molecule has 1 aromatic rings. The summed E-state index contributed by atoms with van der Waals surface area (Å²) in [6, 6.07) is 1.09. The Morgan fingerprint density at radius 1 is 1.20 bits per heavy atom. The van der Waals surface area contributed by atoms with E-state index in [0.717, 1.165) is 6.07 Å². The number of nitrogens with two attached hydrogens (primary N) is 1. The van der Waals surface area contributed by atoms with Crippen molar-refractivity contribution in [2.45, 2.75) is 19.9 Å². The fraction of sp³-hybridized carbons (Fsp3) is 0.273. The maximum absolute atomic E-state index is 13.2. The lowest BCUT2D eigenvalue weighted by molar-refractivity contribution is 0.494. The van der Waals surface area contributed by atoms with Gasteiger partial charge in [-0.05, 0) is 19.9 Å². The molecule has 0 bridgehead atoms. The minimum absolute atomic E-state index is 0.00343. The van der Waals surface area contributed by atoms with E-state index in [2.05, 4.69) is 0 Å². The fourth-order valence-electron chi connectivity index (χ4n) is 1.03. The highest BCUT2D eigenvalue weighted by molar-refractivity contribution is 5.54. The van der Waals surface area contributed by atoms with Crippen molar-refractivity contribution in [3.05, 3.63) is 40.7 Å². The predicted molar refractivity (Wildman–Crippen MR) is 53.6 cm³/mol. The van der Waals surface area contributed by atoms with Gasteiger partial charge in [-0.15, -0.1) is 0 Å². The minimum atomic E-state index is -1.19. The molecular weight excluding hydrogens is 203 g/mol. The van der Waals surface area contributed by atoms with Crippen LogP contribution in [0.5, 0.6) is 0 Å². The third kappa shape index (κ3) is 2.83. The van der Waals surface area contributed by atoms with Gasteiger partial charge in [-0.2, -0.15) is 0 Å². The van der Waals surface area contributed by atoms with Crippen molar-refractivity contribution in [3.63, 3.8) is 0 Å². The van der Waals surface area contributed by atoms with Crippen molar-refractivity contribution in [2.24, 2.45) is 5.73 Å². The molecule has 0 fully saturated rings. The maximum Gasteiger partial charge on any atom is 0.161 e. The zero-order valence-electron chi connectivity index (χ0n) is 8.52. The fourth-order valence-corrected chi connectivity index (χ4v) is 1.03. The maximum atomic E-state index is 13.2. The summed E-state index contributed by atoms with van der Waals surface area (Å²) in [5.41, 5.74) is 6.24. The van der Waals surface area contributed by atoms with E-state index in [4.69, 9.17) is 5.73 Å². The Morgan fingerprint density at radius 3 is 2.27 bits per heavy atom. The van der Waals surface area contributed by atoms with Crippen LogP contribution in [-0.4, -0.2) is 6.04 Å². The third-order valence-electron chi connectivity index (χ3n) is 2.14. The number of halogens is 3. The summed E-state index contributed by atoms with van der Waals surface area (Å²) in [7, 11) is 0. The van der Waals surface area contributed by atoms with E-state index in [0.29, 0.717) is 11.6 Å². The minimum Gasteiger partial charge on any atom is -0.324 e. The van der Waals surface area contributed by atoms with E-state index in [1.54, 1.807) is 13.8 Å². The van der Waals surface area contributed by atoms with Crippen LogP contribution in [-0.2, 0) is 0 Å². The summed E-state index contributed by atoms with van der Waals surface area (Å²) in [5.74, 6) is -3.06. The van der Waals surface area contributed by atoms with Crippen molar-refractivity contribution in [3.8, 4) is 0 Å². The SMILES string of the molecule is C/C(=C\c1cc(F)c(F)cc1F)C(C)N. The lowest BCUT2D eigenvalue weighted by atomic mass is 10.1. The quantitative estimate of drug-likeness (QED) is 0.754. The van der Waals surface area contributed by atoms with Crippen molar-refractivity contribution >= 4 is 6.08 Å². The first-order valence-electron chi connectivity index (χ1n) is 4.50. The molecule has 0 amide bonds. The van der Waals surface area contributed by atoms with E-state index >= 15 is 0 Å². The average Bonchev–Trinajstić information content (AvgIpc) is 2.13. The highest BCUT2D eigenvalue weighted by atomic mass is 19.2. The second-order valence-corrected chi connectivity index (χ2v) is 3.46. The van der Waals surface area contributed by atoms with Gasteiger partial charge in [0.05, 0.1) is 0 Å². The van der Waals surface area contributed by atoms with Gasteiger partial charge in [0.15, 0.2) is 11.6 Å². The normalized spacial score (nSPS) is 14.1. The summed E-state index contributed by atoms with van der Waals surface area (Å²) in [6.45, 7) is 3.43. The van der Waals surface area contributed by atoms with Gasteiger partial charge in [-0.25, -0.2) is 13.2 Å². The molecule has 1 rings (SSSR count). The number of hydrogen-bond acceptors (Lipinski definition) is 1. The predicted octanol–water partition coefficient (Wildman–Crippen LogP) is 2.85. The van der Waals surface area contributed by atoms with Gasteiger partial charge in [-0.1, -0.05) is 11.6 Å². The molecule has 0 saturated heterocycles. The molecule has 15 heavy (non-hydrogen) atoms. The zero-order chi connectivity index (χ0) is 11.6. The van der Waals surface area contributed by atoms with Crippen LogP contribution in [0.25, 0.3) is 6.08 Å². The molecule has 4 heteroatoms. The molecule has 0 radical (unpaired) electrons. The Kier molecular flexibility index (Phi) is 3.52. The van der Waals surface area contributed by atoms with Crippen molar-refractivity contribution < 1.29 is 13.2 Å². The van der Waals surface area contributed by atoms with Crippen LogP contribution in [0, 0.1) is 17.5 Å². The third-order valence-corrected chi connectivity index (χ3v) is 2.14. The molecule has 0 aromatic heterocycles. The van der Waals surface area contributed by atoms with E-state index in [1.165, 1.54) is 6.08 Å². The topological polar surface area (TPSA) is 26.0 Å². The Balaban J connectivity index is 3.16. The summed E-state index contributed by atoms with van der Waals surface area (Å²) < 4.78 is 38.6. The first-order valence-corrected chi connectivity index (χ1v) is 4.50. The molecule has 0 aliphatic carbocycles. The molecule has 2 N–H and O–H groups in total. The largest absolute Gasteiger partial charge is 0.324 e. The van der Waals surface area contributed by atoms with E-state index < -0.39 is 17.5 Å². The summed E-state index contributed by atoms with van der Waals surface area (Å²) in [5, 5.41) is 0. The van der Waals surface area contributed by atoms with Gasteiger partial charge in [0, 0.05) is 17.7 Å². The zero-order valence-corrected chi connectivity index (χ0v) is 8.52. The van der Waals surface area contributed by atoms with Crippen molar-refractivity contribution in [2.75, 3.05) is 0 Å². The van der Waals surface area contributed by atoms with Gasteiger partial charge in [-0.3, -0.25) is 0 Å². The lowest BCUT2D eigenvalue weighted by Gasteiger charge is -2.06. The molecule has 1 unspecified atom stereocenters. The highest BCUT2D eigenvalue weighted by Gasteiger charge is 2.08. The van der Waals surface area contributed by atoms with E-state index in [9.17, 15) is 13.2 Å². The first kappa shape index (κ1) is 11.8. The van der Waals surface area contributed by atoms with Crippen LogP contribution in [0.3, 0.4) is 0 Å². The summed E-state index contributed by atoms with van der Waals surface area (Å²) >= 11 is 0. The second-order valence-electron chi connectivity index (χ2n) is 3.46. The molecule has 0 heterocycles. The summed E-state index contributed by atoms with van der Waals surface area (Å²) in [4.78, 5) is 0. The molecule has 0 aliphatic heterocycles. The van der Waals surface area contributed by atoms with Crippen LogP contribution in [0.15, 0.2) is 17.7 Å². The molecule has 1 atom stereocenters. The molecule has 0 saturated carbocycles. The molecule has 0 spiro atoms. The van der Waals surface area contributed by atoms with Crippen LogP contribution < -0.4 is 5.73 Å². The van der Waals surface area contributed by atoms with E-state index in [-0.39, 0.29) is 11.6 Å². The molecule has 0 aliphatic rings. The van der Waals surface area contributed by atoms with Crippen LogP contribution in [0.1, 0.15) is 19.4 Å². The number of rotatable bonds is 2. The van der Waals surface area contributed by atoms with Gasteiger partial charge in [0.1, 0.15) is 5.82 Å². The van der Waals surface area contributed by atoms with E-state index in [1.807, 2.05) is 0 Å². The smallest absolute Gasteiger partial charge is 0.161 e.